The number of carbonyl (C=O) groups excluding carboxylic acids is 1. The van der Waals surface area contributed by atoms with Gasteiger partial charge in [0.1, 0.15) is 5.82 Å². The van der Waals surface area contributed by atoms with Crippen molar-refractivity contribution in [3.63, 3.8) is 0 Å². The van der Waals surface area contributed by atoms with Gasteiger partial charge in [0.25, 0.3) is 0 Å². The van der Waals surface area contributed by atoms with Crippen molar-refractivity contribution in [3.05, 3.63) is 24.4 Å². The summed E-state index contributed by atoms with van der Waals surface area (Å²) in [7, 11) is 0. The third kappa shape index (κ3) is 3.11. The molecule has 1 saturated heterocycles. The molecule has 0 spiro atoms. The minimum Gasteiger partial charge on any atom is -0.479 e. The van der Waals surface area contributed by atoms with Crippen molar-refractivity contribution in [2.75, 3.05) is 18.0 Å². The number of aromatic nitrogens is 1. The molecule has 1 unspecified atom stereocenters. The predicted molar refractivity (Wildman–Crippen MR) is 81.8 cm³/mol. The van der Waals surface area contributed by atoms with Gasteiger partial charge >= 0.3 is 5.97 Å². The number of Topliss-reactive ketones (excluding diaryl/α,β-unsaturated/α-hetero) is 1. The van der Waals surface area contributed by atoms with Crippen molar-refractivity contribution < 1.29 is 14.7 Å². The smallest absolute Gasteiger partial charge is 0.334 e. The Labute approximate surface area is 129 Å². The minimum atomic E-state index is -1.12. The Morgan fingerprint density at radius 3 is 2.50 bits per heavy atom. The molecule has 118 valence electrons. The van der Waals surface area contributed by atoms with Crippen molar-refractivity contribution in [2.24, 2.45) is 5.92 Å². The summed E-state index contributed by atoms with van der Waals surface area (Å²) in [5, 5.41) is 12.9. The highest BCUT2D eigenvalue weighted by Crippen LogP contribution is 2.34. The number of pyridine rings is 1. The van der Waals surface area contributed by atoms with Crippen LogP contribution in [0.4, 0.5) is 5.82 Å². The average Bonchev–Trinajstić information content (AvgIpc) is 3.38. The van der Waals surface area contributed by atoms with E-state index < -0.39 is 12.0 Å². The SMILES string of the molecule is O=C(O)C(C(=O)C1CCNCC1)N(c1ccccn1)C1CC1. The molecule has 0 bridgehead atoms. The van der Waals surface area contributed by atoms with Crippen LogP contribution < -0.4 is 10.2 Å². The standard InChI is InChI=1S/C16H21N3O3/c20-15(11-6-9-17-10-7-11)14(16(21)22)19(12-4-5-12)13-3-1-2-8-18-13/h1-3,8,11-12,14,17H,4-7,9-10H2,(H,21,22). The zero-order valence-corrected chi connectivity index (χ0v) is 12.4. The summed E-state index contributed by atoms with van der Waals surface area (Å²) in [5.74, 6) is -0.834. The van der Waals surface area contributed by atoms with Crippen LogP contribution in [-0.2, 0) is 9.59 Å². The van der Waals surface area contributed by atoms with Crippen molar-refractivity contribution in [1.29, 1.82) is 0 Å². The van der Waals surface area contributed by atoms with Gasteiger partial charge < -0.3 is 15.3 Å². The van der Waals surface area contributed by atoms with Crippen LogP contribution in [-0.4, -0.2) is 47.0 Å². The first-order valence-electron chi connectivity index (χ1n) is 7.85. The van der Waals surface area contributed by atoms with Crippen molar-refractivity contribution in [3.8, 4) is 0 Å². The third-order valence-corrected chi connectivity index (χ3v) is 4.38. The maximum atomic E-state index is 12.8. The normalized spacial score (nSPS) is 20.4. The molecule has 1 aliphatic heterocycles. The lowest BCUT2D eigenvalue weighted by Crippen LogP contribution is -2.52. The number of rotatable bonds is 6. The highest BCUT2D eigenvalue weighted by Gasteiger charge is 2.44. The van der Waals surface area contributed by atoms with E-state index >= 15 is 0 Å². The summed E-state index contributed by atoms with van der Waals surface area (Å²) in [6.07, 6.45) is 4.89. The van der Waals surface area contributed by atoms with Gasteiger partial charge in [-0.15, -0.1) is 0 Å². The molecule has 6 nitrogen and oxygen atoms in total. The lowest BCUT2D eigenvalue weighted by molar-refractivity contribution is -0.143. The molecule has 6 heteroatoms. The summed E-state index contributed by atoms with van der Waals surface area (Å²) in [6.45, 7) is 1.55. The second kappa shape index (κ2) is 6.44. The number of nitrogens with one attached hydrogen (secondary N) is 1. The van der Waals surface area contributed by atoms with Gasteiger partial charge in [0.15, 0.2) is 11.8 Å². The lowest BCUT2D eigenvalue weighted by Gasteiger charge is -2.32. The average molecular weight is 303 g/mol. The molecule has 1 atom stereocenters. The number of carbonyl (C=O) groups is 2. The topological polar surface area (TPSA) is 82.5 Å². The van der Waals surface area contributed by atoms with Gasteiger partial charge in [-0.1, -0.05) is 6.07 Å². The van der Waals surface area contributed by atoms with Gasteiger partial charge in [-0.25, -0.2) is 9.78 Å². The number of hydrogen-bond donors (Lipinski definition) is 2. The van der Waals surface area contributed by atoms with Crippen LogP contribution in [0, 0.1) is 5.92 Å². The maximum absolute atomic E-state index is 12.8. The van der Waals surface area contributed by atoms with Crippen LogP contribution >= 0.6 is 0 Å². The number of ketones is 1. The number of aliphatic carboxylic acids is 1. The van der Waals surface area contributed by atoms with Crippen LogP contribution in [0.5, 0.6) is 0 Å². The van der Waals surface area contributed by atoms with Gasteiger partial charge in [-0.05, 0) is 50.9 Å². The Morgan fingerprint density at radius 1 is 1.23 bits per heavy atom. The molecule has 0 amide bonds. The van der Waals surface area contributed by atoms with Crippen molar-refractivity contribution in [2.45, 2.75) is 37.8 Å². The molecular formula is C16H21N3O3. The molecule has 1 aromatic rings. The monoisotopic (exact) mass is 303 g/mol. The van der Waals surface area contributed by atoms with Gasteiger partial charge in [0.05, 0.1) is 0 Å². The van der Waals surface area contributed by atoms with E-state index in [9.17, 15) is 14.7 Å². The molecule has 2 aliphatic rings. The Bertz CT molecular complexity index is 539. The summed E-state index contributed by atoms with van der Waals surface area (Å²) < 4.78 is 0. The van der Waals surface area contributed by atoms with Crippen LogP contribution in [0.3, 0.4) is 0 Å². The van der Waals surface area contributed by atoms with Crippen LogP contribution in [0.1, 0.15) is 25.7 Å². The fourth-order valence-corrected chi connectivity index (χ4v) is 3.10. The van der Waals surface area contributed by atoms with E-state index in [1.54, 1.807) is 23.2 Å². The fraction of sp³-hybridized carbons (Fsp3) is 0.562. The zero-order valence-electron chi connectivity index (χ0n) is 12.4. The van der Waals surface area contributed by atoms with E-state index in [4.69, 9.17) is 0 Å². The Balaban J connectivity index is 1.87. The molecule has 3 rings (SSSR count). The van der Waals surface area contributed by atoms with Crippen LogP contribution in [0.15, 0.2) is 24.4 Å². The highest BCUT2D eigenvalue weighted by atomic mass is 16.4. The van der Waals surface area contributed by atoms with Crippen molar-refractivity contribution >= 4 is 17.6 Å². The number of carboxylic acid groups (broad SMARTS) is 1. The van der Waals surface area contributed by atoms with Crippen LogP contribution in [0.2, 0.25) is 0 Å². The molecule has 1 saturated carbocycles. The molecular weight excluding hydrogens is 282 g/mol. The van der Waals surface area contributed by atoms with Gasteiger partial charge in [-0.2, -0.15) is 0 Å². The Kier molecular flexibility index (Phi) is 4.38. The van der Waals surface area contributed by atoms with Gasteiger partial charge in [0, 0.05) is 18.2 Å². The third-order valence-electron chi connectivity index (χ3n) is 4.38. The van der Waals surface area contributed by atoms with Crippen LogP contribution in [0.25, 0.3) is 0 Å². The molecule has 0 radical (unpaired) electrons. The fourth-order valence-electron chi connectivity index (χ4n) is 3.10. The first kappa shape index (κ1) is 15.0. The summed E-state index contributed by atoms with van der Waals surface area (Å²) >= 11 is 0. The zero-order chi connectivity index (χ0) is 15.5. The van der Waals surface area contributed by atoms with E-state index in [-0.39, 0.29) is 17.7 Å². The van der Waals surface area contributed by atoms with E-state index in [0.717, 1.165) is 25.9 Å². The van der Waals surface area contributed by atoms with Gasteiger partial charge in [-0.3, -0.25) is 4.79 Å². The summed E-state index contributed by atoms with van der Waals surface area (Å²) in [4.78, 5) is 30.6. The van der Waals surface area contributed by atoms with E-state index in [1.165, 1.54) is 0 Å². The summed E-state index contributed by atoms with van der Waals surface area (Å²) in [5.41, 5.74) is 0. The molecule has 2 N–H and O–H groups in total. The van der Waals surface area contributed by atoms with E-state index in [2.05, 4.69) is 10.3 Å². The number of nitrogens with zero attached hydrogens (tertiary/aromatic N) is 2. The summed E-state index contributed by atoms with van der Waals surface area (Å²) in [6, 6.07) is 4.39. The highest BCUT2D eigenvalue weighted by molar-refractivity contribution is 6.06. The minimum absolute atomic E-state index is 0.113. The predicted octanol–water partition coefficient (Wildman–Crippen LogP) is 1.07. The van der Waals surface area contributed by atoms with Gasteiger partial charge in [0.2, 0.25) is 0 Å². The maximum Gasteiger partial charge on any atom is 0.334 e. The second-order valence-corrected chi connectivity index (χ2v) is 5.99. The molecule has 2 fully saturated rings. The largest absolute Gasteiger partial charge is 0.479 e. The number of carboxylic acids is 1. The number of anilines is 1. The van der Waals surface area contributed by atoms with Crippen molar-refractivity contribution in [1.82, 2.24) is 10.3 Å². The first-order chi connectivity index (χ1) is 10.7. The molecule has 1 aromatic heterocycles. The molecule has 1 aliphatic carbocycles. The molecule has 0 aromatic carbocycles. The Hall–Kier alpha value is -1.95. The quantitative estimate of drug-likeness (QED) is 0.765. The number of hydrogen-bond acceptors (Lipinski definition) is 5. The van der Waals surface area contributed by atoms with E-state index in [1.807, 2.05) is 6.07 Å². The lowest BCUT2D eigenvalue weighted by atomic mass is 9.89. The molecule has 22 heavy (non-hydrogen) atoms. The van der Waals surface area contributed by atoms with E-state index in [0.29, 0.717) is 18.7 Å². The molecule has 2 heterocycles. The number of piperidine rings is 1. The Morgan fingerprint density at radius 2 is 1.95 bits per heavy atom. The second-order valence-electron chi connectivity index (χ2n) is 5.99. The first-order valence-corrected chi connectivity index (χ1v) is 7.85.